The number of hydrogen-bond acceptors (Lipinski definition) is 16. The van der Waals surface area contributed by atoms with Crippen LogP contribution in [0.25, 0.3) is 0 Å². The fourth-order valence-corrected chi connectivity index (χ4v) is 5.06. The summed E-state index contributed by atoms with van der Waals surface area (Å²) < 4.78 is 14.4. The Morgan fingerprint density at radius 1 is 0.753 bits per heavy atom. The molecule has 3 aliphatic heterocycles. The third-order valence-electron chi connectivity index (χ3n) is 7.94. The zero-order valence-electron chi connectivity index (χ0n) is 39.4. The first kappa shape index (κ1) is 84.5. The van der Waals surface area contributed by atoms with Crippen molar-refractivity contribution in [3.8, 4) is 71.5 Å². The van der Waals surface area contributed by atoms with E-state index >= 15 is 0 Å². The van der Waals surface area contributed by atoms with Crippen molar-refractivity contribution in [2.45, 2.75) is 91.1 Å². The third-order valence-corrected chi connectivity index (χ3v) is 7.94. The van der Waals surface area contributed by atoms with Crippen LogP contribution in [0, 0.1) is 71.5 Å². The molecule has 0 aromatic heterocycles. The molecule has 2 aromatic rings. The fraction of sp³-hybridized carbons (Fsp3) is 0.383. The summed E-state index contributed by atoms with van der Waals surface area (Å²) in [6.45, 7) is 5.90. The quantitative estimate of drug-likeness (QED) is 0.0361. The van der Waals surface area contributed by atoms with Gasteiger partial charge in [-0.05, 0) is 135 Å². The number of terminal acetylenes is 1. The van der Waals surface area contributed by atoms with E-state index in [1.165, 1.54) is 24.6 Å². The predicted octanol–water partition coefficient (Wildman–Crippen LogP) is 3.06. The molecule has 3 atom stereocenters. The van der Waals surface area contributed by atoms with Gasteiger partial charge in [0.15, 0.2) is 0 Å². The Bertz CT molecular complexity index is 2140. The van der Waals surface area contributed by atoms with Crippen molar-refractivity contribution in [1.82, 2.24) is 21.2 Å². The molecule has 410 valence electrons. The molecule has 8 N–H and O–H groups in total. The first-order valence-corrected chi connectivity index (χ1v) is 38.6. The zero-order chi connectivity index (χ0) is 52.3. The van der Waals surface area contributed by atoms with Crippen LogP contribution >= 0.6 is 86.9 Å². The number of carboxylic acids is 2. The van der Waals surface area contributed by atoms with Crippen LogP contribution in [-0.2, 0) is 56.6 Å². The molecule has 19 nitrogen and oxygen atoms in total. The maximum absolute atomic E-state index is 11.8. The van der Waals surface area contributed by atoms with Gasteiger partial charge in [-0.3, -0.25) is 19.3 Å². The molecule has 0 spiro atoms. The van der Waals surface area contributed by atoms with Gasteiger partial charge in [0, 0.05) is 57.8 Å². The Morgan fingerprint density at radius 3 is 1.51 bits per heavy atom. The van der Waals surface area contributed by atoms with E-state index < -0.39 is 24.1 Å². The Kier molecular flexibility index (Phi) is 73.9. The van der Waals surface area contributed by atoms with Crippen LogP contribution in [-0.4, -0.2) is 106 Å². The van der Waals surface area contributed by atoms with Crippen LogP contribution in [0.1, 0.15) is 78.1 Å². The number of halogens is 6. The summed E-state index contributed by atoms with van der Waals surface area (Å²) in [7, 11) is 1.42. The van der Waals surface area contributed by atoms with Crippen molar-refractivity contribution in [1.29, 1.82) is 0 Å². The van der Waals surface area contributed by atoms with Gasteiger partial charge < -0.3 is 40.5 Å². The van der Waals surface area contributed by atoms with Gasteiger partial charge in [0.05, 0.1) is 7.11 Å². The molecule has 26 heteroatoms. The summed E-state index contributed by atoms with van der Waals surface area (Å²) in [6.07, 6.45) is 9.30. The minimum Gasteiger partial charge on any atom is -0.870 e. The minimum absolute atomic E-state index is 0. The van der Waals surface area contributed by atoms with Gasteiger partial charge >= 0.3 is 110 Å². The van der Waals surface area contributed by atoms with Crippen LogP contribution in [0.4, 0.5) is 4.79 Å². The number of likely N-dealkylation sites (tertiary alicyclic amines) is 1. The topological polar surface area (TPSA) is 282 Å². The van der Waals surface area contributed by atoms with Crippen molar-refractivity contribution in [3.05, 3.63) is 71.8 Å². The molecule has 5 rings (SSSR count). The smallest absolute Gasteiger partial charge is 0.870 e. The molecule has 0 bridgehead atoms. The maximum Gasteiger partial charge on any atom is 1.00 e. The van der Waals surface area contributed by atoms with Crippen LogP contribution in [0.15, 0.2) is 60.7 Å². The average molecular weight is 1620 g/mol. The summed E-state index contributed by atoms with van der Waals surface area (Å²) in [6, 6.07) is 17.9. The van der Waals surface area contributed by atoms with Crippen molar-refractivity contribution < 1.29 is 124 Å². The molecular formula is C47H68ClI5N4NaO15-. The average Bonchev–Trinajstić information content (AvgIpc) is 4.20. The van der Waals surface area contributed by atoms with Gasteiger partial charge in [-0.1, -0.05) is 74.0 Å². The van der Waals surface area contributed by atoms with Crippen LogP contribution in [0.3, 0.4) is 0 Å². The summed E-state index contributed by atoms with van der Waals surface area (Å²) >= 11 is 9.54. The molecule has 3 fully saturated rings. The number of ether oxygens (including phenoxy) is 3. The number of benzene rings is 2. The third kappa shape index (κ3) is 52.8. The number of nitrogens with zero attached hydrogens (tertiary/aromatic N) is 1. The molecule has 73 heavy (non-hydrogen) atoms. The Balaban J connectivity index is -0.0000000663. The number of nitrogens with one attached hydrogen (secondary N) is 3. The second kappa shape index (κ2) is 63.9. The van der Waals surface area contributed by atoms with E-state index in [0.717, 1.165) is 49.9 Å². The fourth-order valence-electron chi connectivity index (χ4n) is 5.06. The molecule has 0 saturated carbocycles. The van der Waals surface area contributed by atoms with E-state index in [0.29, 0.717) is 39.2 Å². The standard InChI is InChI=1S/C13H15NO4.C13H4.C9H10O2.C6H11NO2.C5H9NO2.CH4.ClH.I3.I2.H3NO4.Na.H2O.5H2/c15-12(16)11-7-4-8-14(11)13(17)18-9-10-5-2-1-3-6-10;1-3-5-7-9-11-13-12-10-8-6-4-2;1-8(10)11-7-9-5-3-2-4-6-9;1-9-6(8)5-3-2-4-7-5;7-5(8)4-2-1-3-6-4;;;1-3-2;1-2;2-4-1-5-3;;;;;;;/h1-3,5-6,11H,4,7-9H2,(H,15,16);1H,2H3;2-6H,7H2,1H3;5,7H,2-4H2,1H3;4,6H,1-3H2,(H,7,8);1H4;1H;;;1-3H;;1H2;5*1H/q;;;;;;;-1;;;+1;;;;;;/p-1/t11-;;;5-;4-;;;;;;;;;;;;/m0..00............/s1. The van der Waals surface area contributed by atoms with Crippen LogP contribution in [0.2, 0.25) is 0 Å². The number of methoxy groups -OCH3 is 1. The van der Waals surface area contributed by atoms with E-state index in [1.807, 2.05) is 60.7 Å². The number of aliphatic carboxylic acids is 2. The van der Waals surface area contributed by atoms with Gasteiger partial charge in [-0.25, -0.2) is 20.1 Å². The van der Waals surface area contributed by atoms with E-state index in [9.17, 15) is 24.0 Å². The summed E-state index contributed by atoms with van der Waals surface area (Å²) in [5, 5.41) is 37.5. The van der Waals surface area contributed by atoms with E-state index in [1.54, 1.807) is 6.92 Å². The number of rotatable bonds is 9. The maximum atomic E-state index is 11.8. The van der Waals surface area contributed by atoms with Crippen molar-refractivity contribution in [3.63, 3.8) is 0 Å². The monoisotopic (exact) mass is 1620 g/mol. The number of amides is 1. The number of carboxylic acid groups (broad SMARTS) is 2. The van der Waals surface area contributed by atoms with Crippen molar-refractivity contribution >= 4 is 117 Å². The van der Waals surface area contributed by atoms with Gasteiger partial charge in [0.1, 0.15) is 31.3 Å². The summed E-state index contributed by atoms with van der Waals surface area (Å²) in [5.74, 6) is 24.9. The van der Waals surface area contributed by atoms with E-state index in [-0.39, 0.29) is 92.6 Å². The second-order valence-electron chi connectivity index (χ2n) is 12.5. The van der Waals surface area contributed by atoms with Gasteiger partial charge in [0.2, 0.25) is 0 Å². The van der Waals surface area contributed by atoms with Crippen molar-refractivity contribution in [2.24, 2.45) is 0 Å². The molecule has 3 saturated heterocycles. The molecule has 0 aliphatic carbocycles. The Labute approximate surface area is 517 Å². The number of esters is 2. The zero-order valence-corrected chi connectivity index (χ0v) is 53.0. The summed E-state index contributed by atoms with van der Waals surface area (Å²) in [5.41, 5.74) is 3.12. The number of hydrogen-bond donors (Lipinski definition) is 7. The Hall–Kier alpha value is -2.43. The van der Waals surface area contributed by atoms with Gasteiger partial charge in [0.25, 0.3) is 0 Å². The van der Waals surface area contributed by atoms with Crippen molar-refractivity contribution in [2.75, 3.05) is 26.7 Å². The molecule has 3 heterocycles. The van der Waals surface area contributed by atoms with Gasteiger partial charge in [-0.15, -0.1) is 28.8 Å². The molecule has 0 unspecified atom stereocenters. The van der Waals surface area contributed by atoms with E-state index in [2.05, 4.69) is 165 Å². The minimum atomic E-state index is -0.968. The molecule has 0 radical (unpaired) electrons. The summed E-state index contributed by atoms with van der Waals surface area (Å²) in [4.78, 5) is 61.2. The SMILES string of the molecule is C.C#CC#CC#CC#CC#CC#CC.CC(=O)OCc1ccccc1.COC(=O)[C@@H]1CCCN1.Cl.II.I[I-]I.O=C(O)[C@@H]1CCCN1.O=C(O)[C@@H]1CCCN1C(=O)OCc1ccccc1.OONOO.[HH].[HH].[HH].[HH].[HH].[Na+].[OH-]. The molecular weight excluding hydrogens is 1550 g/mol. The first-order chi connectivity index (χ1) is 33.4. The first-order valence-electron chi connectivity index (χ1n) is 19.8. The van der Waals surface area contributed by atoms with E-state index in [4.69, 9.17) is 36.6 Å². The normalized spacial score (nSPS) is 13.9. The molecule has 1 amide bonds. The van der Waals surface area contributed by atoms with Crippen LogP contribution < -0.4 is 59.1 Å². The second-order valence-corrected chi connectivity index (χ2v) is 28.7. The largest absolute Gasteiger partial charge is 1.00 e. The molecule has 3 aliphatic rings. The predicted molar refractivity (Wildman–Crippen MR) is 314 cm³/mol. The number of carbonyl (C=O) groups is 5. The Morgan fingerprint density at radius 2 is 1.18 bits per heavy atom. The molecule has 2 aromatic carbocycles. The number of carbonyl (C=O) groups excluding carboxylic acids is 3. The van der Waals surface area contributed by atoms with Gasteiger partial charge in [-0.2, -0.15) is 0 Å². The van der Waals surface area contributed by atoms with Crippen LogP contribution in [0.5, 0.6) is 0 Å².